The van der Waals surface area contributed by atoms with E-state index in [2.05, 4.69) is 23.9 Å². The summed E-state index contributed by atoms with van der Waals surface area (Å²) >= 11 is 5.47. The first kappa shape index (κ1) is 14.0. The Bertz CT molecular complexity index is 841. The average Bonchev–Trinajstić information content (AvgIpc) is 2.96. The standard InChI is InChI=1S/C15H17FN4S/c1-4-19-14-13(9(2)18-19)17-15(21)20(14)10(3)11-5-7-12(16)8-6-11/h5-8,10H,4H2,1-3H3,(H,17,21). The fourth-order valence-electron chi connectivity index (χ4n) is 2.69. The van der Waals surface area contributed by atoms with E-state index in [0.717, 1.165) is 29.0 Å². The van der Waals surface area contributed by atoms with Crippen LogP contribution in [0.3, 0.4) is 0 Å². The molecule has 0 saturated heterocycles. The lowest BCUT2D eigenvalue weighted by molar-refractivity contribution is 0.592. The largest absolute Gasteiger partial charge is 0.328 e. The lowest BCUT2D eigenvalue weighted by Crippen LogP contribution is -2.11. The number of nitrogens with one attached hydrogen (secondary N) is 1. The maximum absolute atomic E-state index is 13.1. The van der Waals surface area contributed by atoms with E-state index >= 15 is 0 Å². The molecule has 3 aromatic rings. The van der Waals surface area contributed by atoms with Gasteiger partial charge in [0.1, 0.15) is 11.3 Å². The molecule has 1 unspecified atom stereocenters. The summed E-state index contributed by atoms with van der Waals surface area (Å²) in [6.07, 6.45) is 0. The van der Waals surface area contributed by atoms with Crippen molar-refractivity contribution in [3.05, 3.63) is 46.1 Å². The summed E-state index contributed by atoms with van der Waals surface area (Å²) < 4.78 is 17.7. The summed E-state index contributed by atoms with van der Waals surface area (Å²) in [6, 6.07) is 6.54. The third-order valence-electron chi connectivity index (χ3n) is 3.82. The molecule has 3 rings (SSSR count). The molecular weight excluding hydrogens is 287 g/mol. The molecule has 21 heavy (non-hydrogen) atoms. The van der Waals surface area contributed by atoms with Crippen LogP contribution in [0.5, 0.6) is 0 Å². The van der Waals surface area contributed by atoms with Crippen molar-refractivity contribution in [3.63, 3.8) is 0 Å². The van der Waals surface area contributed by atoms with Crippen molar-refractivity contribution in [2.45, 2.75) is 33.4 Å². The monoisotopic (exact) mass is 304 g/mol. The van der Waals surface area contributed by atoms with Gasteiger partial charge in [-0.1, -0.05) is 12.1 Å². The maximum Gasteiger partial charge on any atom is 0.179 e. The van der Waals surface area contributed by atoms with Crippen molar-refractivity contribution in [1.29, 1.82) is 0 Å². The Labute approximate surface area is 127 Å². The molecule has 0 radical (unpaired) electrons. The number of aromatic nitrogens is 4. The second-order valence-electron chi connectivity index (χ2n) is 5.13. The highest BCUT2D eigenvalue weighted by molar-refractivity contribution is 7.71. The molecule has 0 fully saturated rings. The van der Waals surface area contributed by atoms with Gasteiger partial charge in [-0.2, -0.15) is 5.10 Å². The Morgan fingerprint density at radius 2 is 2.00 bits per heavy atom. The van der Waals surface area contributed by atoms with Gasteiger partial charge in [-0.05, 0) is 50.7 Å². The van der Waals surface area contributed by atoms with Crippen LogP contribution in [0, 0.1) is 17.5 Å². The molecule has 1 aromatic carbocycles. The van der Waals surface area contributed by atoms with Gasteiger partial charge in [-0.15, -0.1) is 0 Å². The van der Waals surface area contributed by atoms with E-state index in [4.69, 9.17) is 12.2 Å². The Balaban J connectivity index is 2.21. The topological polar surface area (TPSA) is 38.5 Å². The third-order valence-corrected chi connectivity index (χ3v) is 4.12. The number of fused-ring (bicyclic) bond motifs is 1. The zero-order valence-electron chi connectivity index (χ0n) is 12.2. The fraction of sp³-hybridized carbons (Fsp3) is 0.333. The summed E-state index contributed by atoms with van der Waals surface area (Å²) in [7, 11) is 0. The van der Waals surface area contributed by atoms with E-state index < -0.39 is 0 Å². The first-order valence-electron chi connectivity index (χ1n) is 6.96. The summed E-state index contributed by atoms with van der Waals surface area (Å²) in [4.78, 5) is 3.23. The zero-order chi connectivity index (χ0) is 15.1. The Morgan fingerprint density at radius 1 is 1.33 bits per heavy atom. The van der Waals surface area contributed by atoms with E-state index in [1.165, 1.54) is 12.1 Å². The number of hydrogen-bond donors (Lipinski definition) is 1. The number of halogens is 1. The molecule has 0 aliphatic carbocycles. The van der Waals surface area contributed by atoms with E-state index in [-0.39, 0.29) is 11.9 Å². The molecule has 2 aromatic heterocycles. The number of H-pyrrole nitrogens is 1. The minimum absolute atomic E-state index is 0.00764. The van der Waals surface area contributed by atoms with Crippen LogP contribution >= 0.6 is 12.2 Å². The van der Waals surface area contributed by atoms with E-state index in [1.54, 1.807) is 12.1 Å². The van der Waals surface area contributed by atoms with Crippen LogP contribution in [0.1, 0.15) is 31.1 Å². The lowest BCUT2D eigenvalue weighted by Gasteiger charge is -2.15. The van der Waals surface area contributed by atoms with Crippen molar-refractivity contribution >= 4 is 23.4 Å². The quantitative estimate of drug-likeness (QED) is 0.744. The van der Waals surface area contributed by atoms with Crippen LogP contribution in [0.25, 0.3) is 11.2 Å². The molecular formula is C15H17FN4S. The maximum atomic E-state index is 13.1. The summed E-state index contributed by atoms with van der Waals surface area (Å²) in [5.74, 6) is -0.233. The Kier molecular flexibility index (Phi) is 3.41. The number of imidazole rings is 1. The molecule has 6 heteroatoms. The zero-order valence-corrected chi connectivity index (χ0v) is 13.0. The molecule has 0 bridgehead atoms. The van der Waals surface area contributed by atoms with Crippen LogP contribution in [-0.4, -0.2) is 19.3 Å². The first-order valence-corrected chi connectivity index (χ1v) is 7.36. The summed E-state index contributed by atoms with van der Waals surface area (Å²) in [5.41, 5.74) is 3.89. The first-order chi connectivity index (χ1) is 10.0. The van der Waals surface area contributed by atoms with Crippen molar-refractivity contribution < 1.29 is 4.39 Å². The Morgan fingerprint density at radius 3 is 2.62 bits per heavy atom. The fourth-order valence-corrected chi connectivity index (χ4v) is 3.04. The van der Waals surface area contributed by atoms with Gasteiger partial charge < -0.3 is 4.98 Å². The van der Waals surface area contributed by atoms with E-state index in [1.807, 2.05) is 16.2 Å². The highest BCUT2D eigenvalue weighted by Gasteiger charge is 2.18. The molecule has 1 N–H and O–H groups in total. The smallest absolute Gasteiger partial charge is 0.179 e. The number of rotatable bonds is 3. The van der Waals surface area contributed by atoms with E-state index in [9.17, 15) is 4.39 Å². The minimum Gasteiger partial charge on any atom is -0.328 e. The van der Waals surface area contributed by atoms with Gasteiger partial charge in [0.15, 0.2) is 10.4 Å². The van der Waals surface area contributed by atoms with Crippen molar-refractivity contribution in [2.24, 2.45) is 0 Å². The predicted molar refractivity (Wildman–Crippen MR) is 83.5 cm³/mol. The second-order valence-corrected chi connectivity index (χ2v) is 5.51. The van der Waals surface area contributed by atoms with Crippen LogP contribution in [0.15, 0.2) is 24.3 Å². The summed E-state index contributed by atoms with van der Waals surface area (Å²) in [5, 5.41) is 4.52. The molecule has 0 amide bonds. The molecule has 0 aliphatic heterocycles. The molecule has 110 valence electrons. The van der Waals surface area contributed by atoms with Crippen molar-refractivity contribution in [1.82, 2.24) is 19.3 Å². The number of aryl methyl sites for hydroxylation is 2. The lowest BCUT2D eigenvalue weighted by atomic mass is 10.1. The van der Waals surface area contributed by atoms with Gasteiger partial charge in [0.25, 0.3) is 0 Å². The van der Waals surface area contributed by atoms with Crippen LogP contribution < -0.4 is 0 Å². The molecule has 2 heterocycles. The second kappa shape index (κ2) is 5.11. The van der Waals surface area contributed by atoms with Gasteiger partial charge in [-0.3, -0.25) is 4.57 Å². The highest BCUT2D eigenvalue weighted by Crippen LogP contribution is 2.26. The SMILES string of the molecule is CCn1nc(C)c2[nH]c(=S)n(C(C)c3ccc(F)cc3)c21. The van der Waals surface area contributed by atoms with Gasteiger partial charge >= 0.3 is 0 Å². The van der Waals surface area contributed by atoms with Gasteiger partial charge in [0.05, 0.1) is 11.7 Å². The van der Waals surface area contributed by atoms with Gasteiger partial charge in [-0.25, -0.2) is 9.07 Å². The number of aromatic amines is 1. The molecule has 0 saturated carbocycles. The van der Waals surface area contributed by atoms with Crippen molar-refractivity contribution in [2.75, 3.05) is 0 Å². The van der Waals surface area contributed by atoms with Gasteiger partial charge in [0.2, 0.25) is 0 Å². The summed E-state index contributed by atoms with van der Waals surface area (Å²) in [6.45, 7) is 6.84. The van der Waals surface area contributed by atoms with Crippen molar-refractivity contribution in [3.8, 4) is 0 Å². The number of hydrogen-bond acceptors (Lipinski definition) is 2. The minimum atomic E-state index is -0.233. The third kappa shape index (κ3) is 2.19. The Hall–Kier alpha value is -1.95. The van der Waals surface area contributed by atoms with Gasteiger partial charge in [0, 0.05) is 6.54 Å². The highest BCUT2D eigenvalue weighted by atomic mass is 32.1. The van der Waals surface area contributed by atoms with Crippen LogP contribution in [0.2, 0.25) is 0 Å². The normalized spacial score (nSPS) is 13.0. The average molecular weight is 304 g/mol. The molecule has 0 aliphatic rings. The number of benzene rings is 1. The number of nitrogens with zero attached hydrogens (tertiary/aromatic N) is 3. The molecule has 4 nitrogen and oxygen atoms in total. The molecule has 1 atom stereocenters. The van der Waals surface area contributed by atoms with Crippen LogP contribution in [-0.2, 0) is 6.54 Å². The van der Waals surface area contributed by atoms with Crippen LogP contribution in [0.4, 0.5) is 4.39 Å². The molecule has 0 spiro atoms. The van der Waals surface area contributed by atoms with E-state index in [0.29, 0.717) is 4.77 Å². The predicted octanol–water partition coefficient (Wildman–Crippen LogP) is 3.97.